The standard InChI is InChI=1S/C17H15Cl2NO4/c1-10(16(22)20-14-9-12(18)7-8-13(14)19)24-17(23)15(21)11-5-3-2-4-6-11/h2-10,15,21H,1H3,(H,20,22)/t10-,15-/m1/s1. The highest BCUT2D eigenvalue weighted by Crippen LogP contribution is 2.25. The molecule has 2 aromatic carbocycles. The van der Waals surface area contributed by atoms with Crippen LogP contribution in [0.4, 0.5) is 5.69 Å². The summed E-state index contributed by atoms with van der Waals surface area (Å²) < 4.78 is 4.99. The quantitative estimate of drug-likeness (QED) is 0.791. The van der Waals surface area contributed by atoms with Crippen molar-refractivity contribution in [3.63, 3.8) is 0 Å². The number of hydrogen-bond donors (Lipinski definition) is 2. The van der Waals surface area contributed by atoms with Crippen molar-refractivity contribution < 1.29 is 19.4 Å². The summed E-state index contributed by atoms with van der Waals surface area (Å²) in [4.78, 5) is 24.0. The molecule has 0 saturated heterocycles. The van der Waals surface area contributed by atoms with Gasteiger partial charge >= 0.3 is 5.97 Å². The summed E-state index contributed by atoms with van der Waals surface area (Å²) >= 11 is 11.8. The molecule has 2 rings (SSSR count). The van der Waals surface area contributed by atoms with Crippen LogP contribution in [0.15, 0.2) is 48.5 Å². The van der Waals surface area contributed by atoms with Gasteiger partial charge in [-0.25, -0.2) is 4.79 Å². The third-order valence-electron chi connectivity index (χ3n) is 3.19. The molecular formula is C17H15Cl2NO4. The summed E-state index contributed by atoms with van der Waals surface area (Å²) in [7, 11) is 0. The summed E-state index contributed by atoms with van der Waals surface area (Å²) in [6, 6.07) is 12.9. The molecule has 0 aromatic heterocycles. The number of anilines is 1. The van der Waals surface area contributed by atoms with Gasteiger partial charge in [-0.05, 0) is 30.7 Å². The van der Waals surface area contributed by atoms with Crippen LogP contribution in [-0.4, -0.2) is 23.1 Å². The lowest BCUT2D eigenvalue weighted by molar-refractivity contribution is -0.162. The van der Waals surface area contributed by atoms with Crippen molar-refractivity contribution in [2.75, 3.05) is 5.32 Å². The maximum absolute atomic E-state index is 12.1. The van der Waals surface area contributed by atoms with E-state index in [9.17, 15) is 14.7 Å². The van der Waals surface area contributed by atoms with Crippen LogP contribution in [0.1, 0.15) is 18.6 Å². The monoisotopic (exact) mass is 367 g/mol. The van der Waals surface area contributed by atoms with Gasteiger partial charge in [0.2, 0.25) is 0 Å². The van der Waals surface area contributed by atoms with Crippen LogP contribution in [0.5, 0.6) is 0 Å². The van der Waals surface area contributed by atoms with Gasteiger partial charge in [0.25, 0.3) is 5.91 Å². The molecule has 2 N–H and O–H groups in total. The number of aliphatic hydroxyl groups excluding tert-OH is 1. The molecule has 126 valence electrons. The molecule has 0 aliphatic heterocycles. The van der Waals surface area contributed by atoms with Gasteiger partial charge in [0, 0.05) is 5.02 Å². The molecule has 0 aliphatic carbocycles. The molecule has 0 fully saturated rings. The number of rotatable bonds is 5. The number of carbonyl (C=O) groups excluding carboxylic acids is 2. The highest BCUT2D eigenvalue weighted by Gasteiger charge is 2.24. The lowest BCUT2D eigenvalue weighted by Crippen LogP contribution is -2.31. The van der Waals surface area contributed by atoms with Gasteiger partial charge in [-0.1, -0.05) is 53.5 Å². The van der Waals surface area contributed by atoms with E-state index in [0.29, 0.717) is 21.3 Å². The largest absolute Gasteiger partial charge is 0.450 e. The third-order valence-corrected chi connectivity index (χ3v) is 3.75. The number of hydrogen-bond acceptors (Lipinski definition) is 4. The Labute approximate surface area is 149 Å². The van der Waals surface area contributed by atoms with Crippen molar-refractivity contribution in [3.8, 4) is 0 Å². The molecule has 24 heavy (non-hydrogen) atoms. The Hall–Kier alpha value is -2.08. The lowest BCUT2D eigenvalue weighted by atomic mass is 10.1. The van der Waals surface area contributed by atoms with E-state index >= 15 is 0 Å². The van der Waals surface area contributed by atoms with Crippen molar-refractivity contribution >= 4 is 40.8 Å². The van der Waals surface area contributed by atoms with E-state index in [1.165, 1.54) is 19.1 Å². The van der Waals surface area contributed by atoms with E-state index in [2.05, 4.69) is 5.32 Å². The van der Waals surface area contributed by atoms with Crippen molar-refractivity contribution in [1.29, 1.82) is 0 Å². The topological polar surface area (TPSA) is 75.6 Å². The molecule has 0 heterocycles. The van der Waals surface area contributed by atoms with Crippen LogP contribution in [0.2, 0.25) is 10.0 Å². The third kappa shape index (κ3) is 4.71. The van der Waals surface area contributed by atoms with Crippen LogP contribution in [0, 0.1) is 0 Å². The normalized spacial score (nSPS) is 13.0. The molecule has 0 bridgehead atoms. The molecular weight excluding hydrogens is 353 g/mol. The number of benzene rings is 2. The number of ether oxygens (including phenoxy) is 1. The Kier molecular flexibility index (Phi) is 6.20. The zero-order chi connectivity index (χ0) is 17.7. The van der Waals surface area contributed by atoms with Gasteiger partial charge in [-0.2, -0.15) is 0 Å². The molecule has 0 saturated carbocycles. The van der Waals surface area contributed by atoms with Crippen molar-refractivity contribution in [3.05, 3.63) is 64.1 Å². The minimum absolute atomic E-state index is 0.301. The summed E-state index contributed by atoms with van der Waals surface area (Å²) in [6.07, 6.45) is -2.58. The second kappa shape index (κ2) is 8.15. The second-order valence-corrected chi connectivity index (χ2v) is 5.85. The minimum atomic E-state index is -1.46. The number of aliphatic hydroxyl groups is 1. The van der Waals surface area contributed by atoms with Crippen molar-refractivity contribution in [2.45, 2.75) is 19.1 Å². The number of nitrogens with one attached hydrogen (secondary N) is 1. The van der Waals surface area contributed by atoms with Gasteiger partial charge in [-0.3, -0.25) is 4.79 Å². The molecule has 2 aromatic rings. The van der Waals surface area contributed by atoms with E-state index in [1.807, 2.05) is 0 Å². The van der Waals surface area contributed by atoms with Gasteiger partial charge in [-0.15, -0.1) is 0 Å². The fourth-order valence-electron chi connectivity index (χ4n) is 1.89. The number of carbonyl (C=O) groups is 2. The zero-order valence-electron chi connectivity index (χ0n) is 12.7. The first-order chi connectivity index (χ1) is 11.4. The number of halogens is 2. The summed E-state index contributed by atoms with van der Waals surface area (Å²) in [6.45, 7) is 1.39. The Bertz CT molecular complexity index is 737. The summed E-state index contributed by atoms with van der Waals surface area (Å²) in [5.74, 6) is -1.51. The van der Waals surface area contributed by atoms with Gasteiger partial charge in [0.1, 0.15) is 0 Å². The Morgan fingerprint density at radius 1 is 1.12 bits per heavy atom. The molecule has 2 atom stereocenters. The Morgan fingerprint density at radius 3 is 2.46 bits per heavy atom. The highest BCUT2D eigenvalue weighted by molar-refractivity contribution is 6.35. The second-order valence-electron chi connectivity index (χ2n) is 5.01. The molecule has 0 aliphatic rings. The summed E-state index contributed by atoms with van der Waals surface area (Å²) in [5.41, 5.74) is 0.689. The van der Waals surface area contributed by atoms with E-state index in [1.54, 1.807) is 36.4 Å². The molecule has 5 nitrogen and oxygen atoms in total. The average molecular weight is 368 g/mol. The van der Waals surface area contributed by atoms with Gasteiger partial charge in [0.05, 0.1) is 10.7 Å². The molecule has 0 spiro atoms. The number of esters is 1. The van der Waals surface area contributed by atoms with Gasteiger partial charge in [0.15, 0.2) is 12.2 Å². The predicted octanol–water partition coefficient (Wildman–Crippen LogP) is 3.60. The first-order valence-corrected chi connectivity index (χ1v) is 7.83. The first kappa shape index (κ1) is 18.3. The van der Waals surface area contributed by atoms with E-state index < -0.39 is 24.1 Å². The van der Waals surface area contributed by atoms with Gasteiger partial charge < -0.3 is 15.2 Å². The molecule has 7 heteroatoms. The minimum Gasteiger partial charge on any atom is -0.450 e. The fourth-order valence-corrected chi connectivity index (χ4v) is 2.23. The van der Waals surface area contributed by atoms with Crippen LogP contribution < -0.4 is 5.32 Å². The van der Waals surface area contributed by atoms with Crippen LogP contribution in [0.25, 0.3) is 0 Å². The van der Waals surface area contributed by atoms with Crippen LogP contribution >= 0.6 is 23.2 Å². The molecule has 0 radical (unpaired) electrons. The molecule has 1 amide bonds. The first-order valence-electron chi connectivity index (χ1n) is 7.08. The Morgan fingerprint density at radius 2 is 1.79 bits per heavy atom. The van der Waals surface area contributed by atoms with E-state index in [-0.39, 0.29) is 0 Å². The van der Waals surface area contributed by atoms with E-state index in [4.69, 9.17) is 27.9 Å². The lowest BCUT2D eigenvalue weighted by Gasteiger charge is -2.16. The van der Waals surface area contributed by atoms with E-state index in [0.717, 1.165) is 0 Å². The highest BCUT2D eigenvalue weighted by atomic mass is 35.5. The molecule has 0 unspecified atom stereocenters. The maximum Gasteiger partial charge on any atom is 0.340 e. The SMILES string of the molecule is C[C@@H](OC(=O)[C@H](O)c1ccccc1)C(=O)Nc1cc(Cl)ccc1Cl. The predicted molar refractivity (Wildman–Crippen MR) is 92.0 cm³/mol. The van der Waals surface area contributed by atoms with Crippen molar-refractivity contribution in [2.24, 2.45) is 0 Å². The maximum atomic E-state index is 12.1. The summed E-state index contributed by atoms with van der Waals surface area (Å²) in [5, 5.41) is 13.2. The van der Waals surface area contributed by atoms with Crippen molar-refractivity contribution in [1.82, 2.24) is 0 Å². The van der Waals surface area contributed by atoms with Crippen LogP contribution in [0.3, 0.4) is 0 Å². The smallest absolute Gasteiger partial charge is 0.340 e. The fraction of sp³-hybridized carbons (Fsp3) is 0.176. The Balaban J connectivity index is 1.98. The van der Waals surface area contributed by atoms with Crippen LogP contribution in [-0.2, 0) is 14.3 Å². The zero-order valence-corrected chi connectivity index (χ0v) is 14.2. The number of amides is 1. The average Bonchev–Trinajstić information content (AvgIpc) is 2.58.